The first kappa shape index (κ1) is 37.3. The van der Waals surface area contributed by atoms with Gasteiger partial charge in [-0.1, -0.05) is 65.8 Å². The number of carbonyl (C=O) groups is 4. The molecule has 3 aromatic rings. The highest BCUT2D eigenvalue weighted by molar-refractivity contribution is 8.76. The average Bonchev–Trinajstić information content (AvgIpc) is 3.94. The second kappa shape index (κ2) is 16.2. The summed E-state index contributed by atoms with van der Waals surface area (Å²) in [5, 5.41) is 16.5. The van der Waals surface area contributed by atoms with Gasteiger partial charge in [0.05, 0.1) is 17.8 Å². The molecule has 4 amide bonds. The van der Waals surface area contributed by atoms with Gasteiger partial charge in [-0.3, -0.25) is 19.2 Å². The van der Waals surface area contributed by atoms with Crippen molar-refractivity contribution in [2.75, 3.05) is 11.5 Å². The molecule has 0 aliphatic carbocycles. The molecule has 4 N–H and O–H groups in total. The van der Waals surface area contributed by atoms with E-state index in [1.54, 1.807) is 24.6 Å². The van der Waals surface area contributed by atoms with Crippen LogP contribution in [0, 0.1) is 5.92 Å². The van der Waals surface area contributed by atoms with E-state index in [-0.39, 0.29) is 40.2 Å². The van der Waals surface area contributed by atoms with E-state index in [0.29, 0.717) is 35.0 Å². The number of aliphatic imine (C=N–C) groups is 2. The van der Waals surface area contributed by atoms with E-state index in [4.69, 9.17) is 19.5 Å². The molecular weight excluding hydrogens is 757 g/mol. The summed E-state index contributed by atoms with van der Waals surface area (Å²) < 4.78 is 12.4. The van der Waals surface area contributed by atoms with Crippen molar-refractivity contribution in [3.05, 3.63) is 68.1 Å². The normalized spacial score (nSPS) is 29.3. The molecule has 14 nitrogen and oxygen atoms in total. The van der Waals surface area contributed by atoms with Crippen LogP contribution in [-0.4, -0.2) is 93.3 Å². The van der Waals surface area contributed by atoms with Crippen LogP contribution in [-0.2, 0) is 25.5 Å². The summed E-state index contributed by atoms with van der Waals surface area (Å²) in [5.41, 5.74) is 1.72. The number of thiazole rings is 2. The van der Waals surface area contributed by atoms with E-state index in [9.17, 15) is 19.2 Å². The highest BCUT2D eigenvalue weighted by atomic mass is 33.1. The summed E-state index contributed by atoms with van der Waals surface area (Å²) in [5.74, 6) is -0.223. The lowest BCUT2D eigenvalue weighted by atomic mass is 10.0. The van der Waals surface area contributed by atoms with Gasteiger partial charge >= 0.3 is 0 Å². The molecule has 18 heteroatoms. The molecule has 1 aromatic carbocycles. The van der Waals surface area contributed by atoms with Crippen LogP contribution in [0.1, 0.15) is 82.8 Å². The molecular formula is C35H40N8O6S4. The van der Waals surface area contributed by atoms with Gasteiger partial charge in [0.25, 0.3) is 11.8 Å². The van der Waals surface area contributed by atoms with Crippen LogP contribution in [0.25, 0.3) is 0 Å². The maximum Gasteiger partial charge on any atom is 0.280 e. The smallest absolute Gasteiger partial charge is 0.280 e. The zero-order chi connectivity index (χ0) is 37.2. The maximum atomic E-state index is 13.9. The lowest BCUT2D eigenvalue weighted by Gasteiger charge is -2.22. The molecule has 0 unspecified atom stereocenters. The number of nitrogens with one attached hydrogen (secondary N) is 4. The van der Waals surface area contributed by atoms with Crippen LogP contribution < -0.4 is 21.3 Å². The van der Waals surface area contributed by atoms with E-state index in [0.717, 1.165) is 5.56 Å². The summed E-state index contributed by atoms with van der Waals surface area (Å²) in [4.78, 5) is 74.0. The fourth-order valence-electron chi connectivity index (χ4n) is 6.37. The van der Waals surface area contributed by atoms with Crippen molar-refractivity contribution in [2.45, 2.75) is 89.0 Å². The number of nitrogens with zero attached hydrogens (tertiary/aromatic N) is 4. The van der Waals surface area contributed by atoms with Crippen LogP contribution in [0.2, 0.25) is 0 Å². The molecule has 10 bridgehead atoms. The van der Waals surface area contributed by atoms with Crippen LogP contribution in [0.4, 0.5) is 0 Å². The van der Waals surface area contributed by atoms with Crippen molar-refractivity contribution in [3.8, 4) is 0 Å². The molecule has 53 heavy (non-hydrogen) atoms. The van der Waals surface area contributed by atoms with Crippen LogP contribution in [0.3, 0.4) is 0 Å². The fourth-order valence-corrected chi connectivity index (χ4v) is 10.3. The Balaban J connectivity index is 1.29. The monoisotopic (exact) mass is 796 g/mol. The number of benzene rings is 1. The average molecular weight is 797 g/mol. The summed E-state index contributed by atoms with van der Waals surface area (Å²) in [7, 11) is 2.85. The van der Waals surface area contributed by atoms with Gasteiger partial charge < -0.3 is 30.7 Å². The Morgan fingerprint density at radius 2 is 1.36 bits per heavy atom. The summed E-state index contributed by atoms with van der Waals surface area (Å²) in [6, 6.07) is 5.50. The van der Waals surface area contributed by atoms with Crippen molar-refractivity contribution in [1.82, 2.24) is 31.2 Å². The van der Waals surface area contributed by atoms with Gasteiger partial charge in [-0.15, -0.1) is 22.7 Å². The van der Waals surface area contributed by atoms with Gasteiger partial charge in [0, 0.05) is 22.3 Å². The molecule has 4 aliphatic heterocycles. The zero-order valence-corrected chi connectivity index (χ0v) is 32.7. The van der Waals surface area contributed by atoms with E-state index in [2.05, 4.69) is 31.2 Å². The molecule has 7 rings (SSSR count). The molecule has 0 saturated carbocycles. The number of hydrogen-bond donors (Lipinski definition) is 4. The summed E-state index contributed by atoms with van der Waals surface area (Å²) in [6.45, 7) is 7.64. The first-order chi connectivity index (χ1) is 25.5. The largest absolute Gasteiger partial charge is 0.474 e. The van der Waals surface area contributed by atoms with Crippen molar-refractivity contribution in [3.63, 3.8) is 0 Å². The number of ether oxygens (including phenoxy) is 2. The third kappa shape index (κ3) is 8.55. The number of rotatable bonds is 4. The quantitative estimate of drug-likeness (QED) is 0.283. The van der Waals surface area contributed by atoms with Crippen LogP contribution >= 0.6 is 44.3 Å². The topological polar surface area (TPSA) is 185 Å². The summed E-state index contributed by atoms with van der Waals surface area (Å²) >= 11 is 2.46. The van der Waals surface area contributed by atoms with Gasteiger partial charge in [-0.2, -0.15) is 0 Å². The highest BCUT2D eigenvalue weighted by Gasteiger charge is 2.41. The molecule has 0 spiro atoms. The number of carbonyl (C=O) groups excluding carboxylic acids is 4. The molecule has 2 aromatic heterocycles. The van der Waals surface area contributed by atoms with Crippen molar-refractivity contribution >= 4 is 79.7 Å². The Hall–Kier alpha value is -4.00. The van der Waals surface area contributed by atoms with Crippen molar-refractivity contribution in [1.29, 1.82) is 0 Å². The molecule has 4 aliphatic rings. The third-order valence-corrected chi connectivity index (χ3v) is 13.3. The Bertz CT molecular complexity index is 1920. The van der Waals surface area contributed by atoms with E-state index < -0.39 is 60.3 Å². The molecule has 8 atom stereocenters. The Morgan fingerprint density at radius 3 is 1.98 bits per heavy atom. The van der Waals surface area contributed by atoms with Gasteiger partial charge in [-0.25, -0.2) is 20.0 Å². The predicted molar refractivity (Wildman–Crippen MR) is 207 cm³/mol. The van der Waals surface area contributed by atoms with Crippen LogP contribution in [0.5, 0.6) is 0 Å². The Labute approximate surface area is 322 Å². The van der Waals surface area contributed by atoms with Crippen molar-refractivity contribution in [2.24, 2.45) is 15.9 Å². The third-order valence-electron chi connectivity index (χ3n) is 9.08. The van der Waals surface area contributed by atoms with Crippen LogP contribution in [0.15, 0.2) is 51.1 Å². The minimum absolute atomic E-state index is 0.184. The van der Waals surface area contributed by atoms with Gasteiger partial charge in [0.15, 0.2) is 17.1 Å². The lowest BCUT2D eigenvalue weighted by molar-refractivity contribution is -0.125. The van der Waals surface area contributed by atoms with Gasteiger partial charge in [0.2, 0.25) is 23.6 Å². The Kier molecular flexibility index (Phi) is 11.4. The number of hydrogen-bond acceptors (Lipinski definition) is 14. The maximum absolute atomic E-state index is 13.9. The SMILES string of the molecule is CC(C)C[C@H]1NC(=O)[C@H]2N=C(O[C@@H]2C)[C@H]2CSSC[C@@H](NC(=O)c3nc1cs3)C1=N[C@H](C(=O)N[C@H](Cc3ccccc3)c3nc(cs3)C(=O)N2)[C@@H](C)O1. The number of fused-ring (bicyclic) bond motifs is 13. The van der Waals surface area contributed by atoms with E-state index in [1.807, 2.05) is 44.2 Å². The van der Waals surface area contributed by atoms with E-state index in [1.165, 1.54) is 44.3 Å². The Morgan fingerprint density at radius 1 is 0.755 bits per heavy atom. The number of aromatic nitrogens is 2. The minimum atomic E-state index is -0.885. The number of amides is 4. The van der Waals surface area contributed by atoms with Gasteiger partial charge in [-0.05, 0) is 38.2 Å². The standard InChI is InChI=1S/C35H40N8O6S4/c1-16(2)10-20-22-12-51-35(40-22)31(47)39-25-15-53-52-14-24(32-42-26(17(3)48-32)29(45)36-20)38-28(44)23-13-50-34(41-23)21(11-19-8-6-5-7-9-19)37-30(46)27-18(4)49-33(25)43-27/h5-9,12-13,16-18,20-21,24-27H,10-11,14-15H2,1-4H3,(H,36,45)(H,37,46)(H,38,44)(H,39,47)/t17-,18-,20-,21-,24-,25-,26+,27+/m1/s1. The van der Waals surface area contributed by atoms with Gasteiger partial charge in [0.1, 0.15) is 35.0 Å². The first-order valence-electron chi connectivity index (χ1n) is 17.4. The fraction of sp³-hybridized carbons (Fsp3) is 0.486. The van der Waals surface area contributed by atoms with Crippen molar-refractivity contribution < 1.29 is 28.7 Å². The lowest BCUT2D eigenvalue weighted by Crippen LogP contribution is -2.44. The van der Waals surface area contributed by atoms with E-state index >= 15 is 0 Å². The molecule has 280 valence electrons. The minimum Gasteiger partial charge on any atom is -0.474 e. The summed E-state index contributed by atoms with van der Waals surface area (Å²) in [6.07, 6.45) is -0.198. The molecule has 0 saturated heterocycles. The molecule has 0 fully saturated rings. The highest BCUT2D eigenvalue weighted by Crippen LogP contribution is 2.31. The second-order valence-electron chi connectivity index (χ2n) is 13.7. The predicted octanol–water partition coefficient (Wildman–Crippen LogP) is 3.88. The first-order valence-corrected chi connectivity index (χ1v) is 21.7. The second-order valence-corrected chi connectivity index (χ2v) is 18.0. The molecule has 6 heterocycles. The zero-order valence-electron chi connectivity index (χ0n) is 29.4. The molecule has 0 radical (unpaired) electrons.